The molecule has 0 unspecified atom stereocenters. The molecule has 0 saturated heterocycles. The molecule has 0 spiro atoms. The second-order valence-corrected chi connectivity index (χ2v) is 26.1. The van der Waals surface area contributed by atoms with Gasteiger partial charge in [-0.1, -0.05) is 0 Å². The van der Waals surface area contributed by atoms with Gasteiger partial charge in [-0.25, -0.2) is 0 Å². The van der Waals surface area contributed by atoms with Crippen molar-refractivity contribution in [3.63, 3.8) is 0 Å². The SMILES string of the molecule is CC(C)Oc1cc2c(cc1OC(C)C)[P+]1([Se-])c3cc(OC(C)C)c(OC(C)C)cc3[Si]2(c2ccc(N(C)C)cc2)c2cc(OC(C)C)c(OC(C)C)cc21. The van der Waals surface area contributed by atoms with E-state index in [1.165, 1.54) is 36.7 Å². The number of hydrogen-bond donors (Lipinski definition) is 0. The van der Waals surface area contributed by atoms with Crippen LogP contribution in [0.25, 0.3) is 0 Å². The van der Waals surface area contributed by atoms with Gasteiger partial charge in [0, 0.05) is 0 Å². The molecule has 0 fully saturated rings. The fraction of sp³-hybridized carbons (Fsp3) is 0.455. The number of ether oxygens (including phenoxy) is 6. The van der Waals surface area contributed by atoms with Gasteiger partial charge in [0.1, 0.15) is 0 Å². The minimum absolute atomic E-state index is 0.0404. The van der Waals surface area contributed by atoms with E-state index in [1.54, 1.807) is 0 Å². The Morgan fingerprint density at radius 3 is 0.944 bits per heavy atom. The molecule has 0 saturated carbocycles. The zero-order valence-corrected chi connectivity index (χ0v) is 38.1. The molecular weight excluding hydrogens is 777 g/mol. The van der Waals surface area contributed by atoms with E-state index in [9.17, 15) is 0 Å². The predicted molar refractivity (Wildman–Crippen MR) is 231 cm³/mol. The number of anilines is 1. The Labute approximate surface area is 332 Å². The first-order valence-corrected chi connectivity index (χ1v) is 25.3. The van der Waals surface area contributed by atoms with E-state index >= 15 is 0 Å². The van der Waals surface area contributed by atoms with Crippen molar-refractivity contribution in [3.8, 4) is 34.5 Å². The van der Waals surface area contributed by atoms with E-state index in [2.05, 4.69) is 178 Å². The number of rotatable bonds is 14. The quantitative estimate of drug-likeness (QED) is 0.117. The summed E-state index contributed by atoms with van der Waals surface area (Å²) in [5, 5.41) is 8.92. The van der Waals surface area contributed by atoms with Crippen molar-refractivity contribution in [2.24, 2.45) is 0 Å². The van der Waals surface area contributed by atoms with Crippen LogP contribution in [0.4, 0.5) is 5.69 Å². The zero-order chi connectivity index (χ0) is 39.4. The first-order valence-electron chi connectivity index (χ1n) is 19.3. The molecule has 0 aromatic heterocycles. The predicted octanol–water partition coefficient (Wildman–Crippen LogP) is 5.86. The van der Waals surface area contributed by atoms with Crippen molar-refractivity contribution in [2.45, 2.75) is 120 Å². The Morgan fingerprint density at radius 2 is 0.704 bits per heavy atom. The van der Waals surface area contributed by atoms with Gasteiger partial charge < -0.3 is 0 Å². The Bertz CT molecular complexity index is 1820. The van der Waals surface area contributed by atoms with Gasteiger partial charge in [-0.15, -0.1) is 0 Å². The third kappa shape index (κ3) is 7.11. The number of benzene rings is 4. The molecule has 0 atom stereocenters. The Hall–Kier alpha value is -3.35. The Morgan fingerprint density at radius 1 is 0.444 bits per heavy atom. The van der Waals surface area contributed by atoms with E-state index in [0.29, 0.717) is 0 Å². The second-order valence-electron chi connectivity index (χ2n) is 16.2. The summed E-state index contributed by atoms with van der Waals surface area (Å²) < 4.78 is 39.7. The first kappa shape index (κ1) is 40.3. The molecule has 0 aliphatic carbocycles. The van der Waals surface area contributed by atoms with Gasteiger partial charge in [-0.05, 0) is 0 Å². The van der Waals surface area contributed by atoms with Gasteiger partial charge in [0.05, 0.1) is 0 Å². The average Bonchev–Trinajstić information content (AvgIpc) is 3.05. The van der Waals surface area contributed by atoms with Gasteiger partial charge in [0.25, 0.3) is 0 Å². The van der Waals surface area contributed by atoms with Crippen LogP contribution in [0, 0.1) is 0 Å². The van der Waals surface area contributed by atoms with Crippen LogP contribution < -0.4 is 70.0 Å². The summed E-state index contributed by atoms with van der Waals surface area (Å²) >= 11 is 3.90. The van der Waals surface area contributed by atoms with Crippen LogP contribution in [0.2, 0.25) is 0 Å². The molecule has 0 N–H and O–H groups in total. The minimum atomic E-state index is -3.19. The van der Waals surface area contributed by atoms with E-state index in [-0.39, 0.29) is 36.6 Å². The molecule has 3 aliphatic heterocycles. The Balaban J connectivity index is 1.86. The van der Waals surface area contributed by atoms with E-state index in [1.807, 2.05) is 0 Å². The summed E-state index contributed by atoms with van der Waals surface area (Å²) in [6.07, 6.45) is -0.259. The fourth-order valence-corrected chi connectivity index (χ4v) is 23.0. The summed E-state index contributed by atoms with van der Waals surface area (Å²) in [5.74, 6) is 2.03. The maximum absolute atomic E-state index is 6.64. The second kappa shape index (κ2) is 15.3. The van der Waals surface area contributed by atoms with Crippen molar-refractivity contribution in [3.05, 3.63) is 60.7 Å². The van der Waals surface area contributed by atoms with Crippen LogP contribution >= 0.6 is 5.95 Å². The summed E-state index contributed by atoms with van der Waals surface area (Å²) in [6.45, 7) is 24.8. The van der Waals surface area contributed by atoms with Crippen molar-refractivity contribution >= 4 is 71.9 Å². The molecule has 54 heavy (non-hydrogen) atoms. The van der Waals surface area contributed by atoms with Crippen LogP contribution in [-0.2, 0) is 0 Å². The van der Waals surface area contributed by atoms with Gasteiger partial charge in [0.15, 0.2) is 0 Å². The monoisotopic (exact) mass is 835 g/mol. The van der Waals surface area contributed by atoms with Crippen LogP contribution in [0.3, 0.4) is 0 Å². The third-order valence-corrected chi connectivity index (χ3v) is 21.8. The molecule has 290 valence electrons. The Kier molecular flexibility index (Phi) is 11.4. The van der Waals surface area contributed by atoms with Crippen molar-refractivity contribution in [2.75, 3.05) is 19.0 Å². The van der Waals surface area contributed by atoms with E-state index in [4.69, 9.17) is 28.4 Å². The van der Waals surface area contributed by atoms with Crippen molar-refractivity contribution in [1.82, 2.24) is 0 Å². The normalized spacial score (nSPS) is 18.3. The van der Waals surface area contributed by atoms with Gasteiger partial charge in [0.2, 0.25) is 0 Å². The van der Waals surface area contributed by atoms with Crippen LogP contribution in [0.1, 0.15) is 83.1 Å². The molecular formula is C44H58NO6PSeSi. The van der Waals surface area contributed by atoms with Gasteiger partial charge in [-0.3, -0.25) is 0 Å². The van der Waals surface area contributed by atoms with E-state index in [0.717, 1.165) is 40.2 Å². The first-order chi connectivity index (χ1) is 25.4. The van der Waals surface area contributed by atoms with Crippen LogP contribution in [-0.4, -0.2) is 74.4 Å². The van der Waals surface area contributed by atoms with E-state index < -0.39 is 14.0 Å². The topological polar surface area (TPSA) is 58.6 Å². The third-order valence-electron chi connectivity index (χ3n) is 9.41. The number of hydrogen-bond acceptors (Lipinski definition) is 7. The summed E-state index contributed by atoms with van der Waals surface area (Å²) in [6, 6.07) is 22.9. The fourth-order valence-electron chi connectivity index (χ4n) is 7.71. The standard InChI is InChI=1S/C44H58NO6PSeSi/c1-25(2)46-33-19-39-42(22-36(33)49-28(7)8)54(32-17-15-31(16-18-32)45(13)14)43-23-37(50-29(9)10)34(47-26(3)4)20-40(43)52(39,53)41-21-35(48-27(5)6)38(24-44(41)54)51-30(11)12/h15-30H,1-14H3. The van der Waals surface area contributed by atoms with Crippen LogP contribution in [0.5, 0.6) is 34.5 Å². The van der Waals surface area contributed by atoms with Gasteiger partial charge >= 0.3 is 334 Å². The molecule has 3 aliphatic rings. The molecule has 7 rings (SSSR count). The van der Waals surface area contributed by atoms with Crippen LogP contribution in [0.15, 0.2) is 60.7 Å². The molecule has 0 amide bonds. The maximum atomic E-state index is 6.64. The average molecular weight is 835 g/mol. The molecule has 7 nitrogen and oxygen atoms in total. The summed E-state index contributed by atoms with van der Waals surface area (Å²) in [4.78, 5) is 2.15. The number of nitrogens with zero attached hydrogens (tertiary/aromatic N) is 1. The molecule has 0 radical (unpaired) electrons. The molecule has 3 heterocycles. The molecule has 4 aromatic rings. The zero-order valence-electron chi connectivity index (χ0n) is 34.5. The van der Waals surface area contributed by atoms with Gasteiger partial charge in [-0.2, -0.15) is 0 Å². The molecule has 10 heteroatoms. The molecule has 2 bridgehead atoms. The summed E-state index contributed by atoms with van der Waals surface area (Å²) in [5.41, 5.74) is 1.14. The van der Waals surface area contributed by atoms with Crippen molar-refractivity contribution in [1.29, 1.82) is 0 Å². The molecule has 4 aromatic carbocycles. The van der Waals surface area contributed by atoms with Crippen molar-refractivity contribution < 1.29 is 28.4 Å². The summed E-state index contributed by atoms with van der Waals surface area (Å²) in [7, 11) is 0.982.